The molecule has 3 rings (SSSR count). The molecule has 2 aromatic carbocycles. The number of carbonyl (C=O) groups is 4. The van der Waals surface area contributed by atoms with Crippen LogP contribution in [0.3, 0.4) is 0 Å². The van der Waals surface area contributed by atoms with Crippen molar-refractivity contribution in [2.75, 3.05) is 25.6 Å². The van der Waals surface area contributed by atoms with E-state index in [0.717, 1.165) is 11.0 Å². The van der Waals surface area contributed by atoms with Crippen molar-refractivity contribution < 1.29 is 38.1 Å². The first-order valence-corrected chi connectivity index (χ1v) is 10.8. The standard InChI is InChI=1S/C21H16BrFN2O7S/c1-31-15-6-11(5-14(22)19(15)32-10-18(27)28)7-16-20(29)25(21(30)33-16)9-17(26)24-13-4-2-3-12(23)8-13/h2-8H,9-10H2,1H3,(H,24,26)(H,27,28)/b16-7+. The second-order valence-electron chi connectivity index (χ2n) is 6.54. The Hall–Kier alpha value is -3.38. The molecule has 3 amide bonds. The maximum absolute atomic E-state index is 13.3. The molecule has 1 fully saturated rings. The van der Waals surface area contributed by atoms with E-state index in [2.05, 4.69) is 21.2 Å². The van der Waals surface area contributed by atoms with E-state index in [9.17, 15) is 23.6 Å². The molecule has 2 aromatic rings. The Morgan fingerprint density at radius 2 is 2.03 bits per heavy atom. The van der Waals surface area contributed by atoms with Gasteiger partial charge in [0, 0.05) is 5.69 Å². The summed E-state index contributed by atoms with van der Waals surface area (Å²) in [4.78, 5) is 48.8. The van der Waals surface area contributed by atoms with Crippen LogP contribution in [0.2, 0.25) is 0 Å². The smallest absolute Gasteiger partial charge is 0.341 e. The molecule has 0 saturated carbocycles. The molecule has 0 radical (unpaired) electrons. The van der Waals surface area contributed by atoms with Gasteiger partial charge in [-0.15, -0.1) is 0 Å². The normalized spacial score (nSPS) is 14.5. The molecular formula is C21H16BrFN2O7S. The van der Waals surface area contributed by atoms with Crippen molar-refractivity contribution >= 4 is 62.5 Å². The molecule has 1 heterocycles. The summed E-state index contributed by atoms with van der Waals surface area (Å²) >= 11 is 3.93. The number of imide groups is 1. The number of carbonyl (C=O) groups excluding carboxylic acids is 3. The number of nitrogens with one attached hydrogen (secondary N) is 1. The fourth-order valence-corrected chi connectivity index (χ4v) is 4.21. The molecule has 0 atom stereocenters. The van der Waals surface area contributed by atoms with E-state index in [4.69, 9.17) is 14.6 Å². The van der Waals surface area contributed by atoms with Crippen LogP contribution in [0.4, 0.5) is 14.9 Å². The highest BCUT2D eigenvalue weighted by molar-refractivity contribution is 9.10. The maximum Gasteiger partial charge on any atom is 0.341 e. The average molecular weight is 539 g/mol. The second-order valence-corrected chi connectivity index (χ2v) is 8.39. The summed E-state index contributed by atoms with van der Waals surface area (Å²) in [6.07, 6.45) is 1.43. The quantitative estimate of drug-likeness (QED) is 0.487. The zero-order valence-electron chi connectivity index (χ0n) is 17.0. The molecule has 0 unspecified atom stereocenters. The zero-order chi connectivity index (χ0) is 24.1. The number of anilines is 1. The molecule has 0 aromatic heterocycles. The van der Waals surface area contributed by atoms with Gasteiger partial charge in [-0.3, -0.25) is 19.3 Å². The Bertz CT molecular complexity index is 1170. The molecule has 172 valence electrons. The highest BCUT2D eigenvalue weighted by atomic mass is 79.9. The number of rotatable bonds is 8. The minimum absolute atomic E-state index is 0.0757. The second kappa shape index (κ2) is 10.5. The average Bonchev–Trinajstić information content (AvgIpc) is 2.99. The Labute approximate surface area is 199 Å². The summed E-state index contributed by atoms with van der Waals surface area (Å²) in [7, 11) is 1.37. The molecule has 1 aliphatic heterocycles. The number of carboxylic acids is 1. The van der Waals surface area contributed by atoms with Crippen molar-refractivity contribution in [1.29, 1.82) is 0 Å². The van der Waals surface area contributed by atoms with Crippen molar-refractivity contribution in [3.05, 3.63) is 57.2 Å². The summed E-state index contributed by atoms with van der Waals surface area (Å²) in [5, 5.41) is 10.6. The number of nitrogens with zero attached hydrogens (tertiary/aromatic N) is 1. The molecule has 0 aliphatic carbocycles. The van der Waals surface area contributed by atoms with Crippen molar-refractivity contribution in [1.82, 2.24) is 4.90 Å². The summed E-state index contributed by atoms with van der Waals surface area (Å²) < 4.78 is 24.1. The lowest BCUT2D eigenvalue weighted by molar-refractivity contribution is -0.139. The van der Waals surface area contributed by atoms with E-state index in [1.807, 2.05) is 0 Å². The molecule has 2 N–H and O–H groups in total. The predicted octanol–water partition coefficient (Wildman–Crippen LogP) is 3.74. The summed E-state index contributed by atoms with van der Waals surface area (Å²) in [6.45, 7) is -1.11. The number of hydrogen-bond acceptors (Lipinski definition) is 7. The number of thioether (sulfide) groups is 1. The highest BCUT2D eigenvalue weighted by Gasteiger charge is 2.36. The first-order valence-electron chi connectivity index (χ1n) is 9.21. The number of methoxy groups -OCH3 is 1. The van der Waals surface area contributed by atoms with Crippen LogP contribution in [0.1, 0.15) is 5.56 Å². The predicted molar refractivity (Wildman–Crippen MR) is 122 cm³/mol. The van der Waals surface area contributed by atoms with E-state index in [1.54, 1.807) is 6.07 Å². The molecule has 33 heavy (non-hydrogen) atoms. The van der Waals surface area contributed by atoms with Crippen LogP contribution in [0.25, 0.3) is 6.08 Å². The van der Waals surface area contributed by atoms with Gasteiger partial charge in [0.1, 0.15) is 12.4 Å². The number of benzene rings is 2. The van der Waals surface area contributed by atoms with Gasteiger partial charge < -0.3 is 19.9 Å². The van der Waals surface area contributed by atoms with E-state index < -0.39 is 42.0 Å². The van der Waals surface area contributed by atoms with Crippen molar-refractivity contribution in [2.45, 2.75) is 0 Å². The van der Waals surface area contributed by atoms with Crippen LogP contribution in [0.15, 0.2) is 45.8 Å². The first-order chi connectivity index (χ1) is 15.7. The number of carboxylic acid groups (broad SMARTS) is 1. The van der Waals surface area contributed by atoms with Gasteiger partial charge in [-0.25, -0.2) is 9.18 Å². The van der Waals surface area contributed by atoms with Gasteiger partial charge in [0.2, 0.25) is 5.91 Å². The number of amides is 3. The van der Waals surface area contributed by atoms with Gasteiger partial charge in [0.15, 0.2) is 18.1 Å². The van der Waals surface area contributed by atoms with Gasteiger partial charge >= 0.3 is 5.97 Å². The lowest BCUT2D eigenvalue weighted by atomic mass is 10.2. The van der Waals surface area contributed by atoms with E-state index in [1.165, 1.54) is 37.5 Å². The Morgan fingerprint density at radius 3 is 2.70 bits per heavy atom. The molecular weight excluding hydrogens is 523 g/mol. The number of halogens is 2. The lowest BCUT2D eigenvalue weighted by Crippen LogP contribution is -2.36. The molecule has 9 nitrogen and oxygen atoms in total. The number of aliphatic carboxylic acids is 1. The minimum Gasteiger partial charge on any atom is -0.493 e. The Morgan fingerprint density at radius 1 is 1.27 bits per heavy atom. The van der Waals surface area contributed by atoms with Crippen molar-refractivity contribution in [3.8, 4) is 11.5 Å². The van der Waals surface area contributed by atoms with E-state index in [-0.39, 0.29) is 22.1 Å². The van der Waals surface area contributed by atoms with Crippen LogP contribution in [-0.4, -0.2) is 53.3 Å². The highest BCUT2D eigenvalue weighted by Crippen LogP contribution is 2.39. The van der Waals surface area contributed by atoms with Gasteiger partial charge in [-0.05, 0) is 69.7 Å². The molecule has 0 spiro atoms. The topological polar surface area (TPSA) is 122 Å². The van der Waals surface area contributed by atoms with Crippen LogP contribution < -0.4 is 14.8 Å². The van der Waals surface area contributed by atoms with Crippen LogP contribution in [0, 0.1) is 5.82 Å². The third-order valence-electron chi connectivity index (χ3n) is 4.17. The third-order valence-corrected chi connectivity index (χ3v) is 5.67. The number of hydrogen-bond donors (Lipinski definition) is 2. The van der Waals surface area contributed by atoms with Gasteiger partial charge in [-0.2, -0.15) is 0 Å². The molecule has 12 heteroatoms. The van der Waals surface area contributed by atoms with Crippen molar-refractivity contribution in [3.63, 3.8) is 0 Å². The fourth-order valence-electron chi connectivity index (χ4n) is 2.80. The Balaban J connectivity index is 1.75. The zero-order valence-corrected chi connectivity index (χ0v) is 19.4. The monoisotopic (exact) mass is 538 g/mol. The first kappa shape index (κ1) is 24.3. The van der Waals surface area contributed by atoms with Crippen molar-refractivity contribution in [2.24, 2.45) is 0 Å². The summed E-state index contributed by atoms with van der Waals surface area (Å²) in [5.41, 5.74) is 0.667. The fraction of sp³-hybridized carbons (Fsp3) is 0.143. The number of ether oxygens (including phenoxy) is 2. The summed E-state index contributed by atoms with van der Waals surface area (Å²) in [5.74, 6) is -2.65. The van der Waals surface area contributed by atoms with E-state index >= 15 is 0 Å². The molecule has 1 aliphatic rings. The third kappa shape index (κ3) is 6.11. The molecule has 1 saturated heterocycles. The van der Waals surface area contributed by atoms with Gasteiger partial charge in [0.05, 0.1) is 16.5 Å². The summed E-state index contributed by atoms with van der Waals surface area (Å²) in [6, 6.07) is 8.29. The molecule has 0 bridgehead atoms. The maximum atomic E-state index is 13.3. The largest absolute Gasteiger partial charge is 0.493 e. The van der Waals surface area contributed by atoms with Gasteiger partial charge in [-0.1, -0.05) is 6.07 Å². The van der Waals surface area contributed by atoms with E-state index in [0.29, 0.717) is 21.8 Å². The van der Waals surface area contributed by atoms with Crippen LogP contribution in [0.5, 0.6) is 11.5 Å². The lowest BCUT2D eigenvalue weighted by Gasteiger charge is -2.13. The van der Waals surface area contributed by atoms with Gasteiger partial charge in [0.25, 0.3) is 11.1 Å². The Kier molecular flexibility index (Phi) is 7.71. The minimum atomic E-state index is -1.16. The SMILES string of the molecule is COc1cc(/C=C2/SC(=O)N(CC(=O)Nc3cccc(F)c3)C2=O)cc(Br)c1OCC(=O)O. The van der Waals surface area contributed by atoms with Crippen LogP contribution in [-0.2, 0) is 14.4 Å². The van der Waals surface area contributed by atoms with Crippen LogP contribution >= 0.6 is 27.7 Å².